The SMILES string of the molecule is C.C/C(=C\CN1C(=O)c2cccc(O)c2Nc2c(O)cc(O)cc21)CCC(O)C(C)(O)CCC(O)C(C)(C)O.CC(C)(O)C(O)CCC(C)(O)C(O)CCC(C)(O)C(O)CN1C(=O)c2cccc(O)c2Nc2c(O)cc(O)cc21. The molecule has 6 rings (SSSR count). The summed E-state index contributed by atoms with van der Waals surface area (Å²) in [4.78, 5) is 29.4. The fourth-order valence-corrected chi connectivity index (χ4v) is 8.90. The van der Waals surface area contributed by atoms with E-state index in [1.165, 1.54) is 95.8 Å². The molecule has 2 aliphatic heterocycles. The molecule has 0 aliphatic carbocycles. The molecule has 8 atom stereocenters. The predicted octanol–water partition coefficient (Wildman–Crippen LogP) is 5.32. The molecule has 0 aromatic heterocycles. The summed E-state index contributed by atoms with van der Waals surface area (Å²) in [5.74, 6) is -2.91. The van der Waals surface area contributed by atoms with Gasteiger partial charge in [0.2, 0.25) is 0 Å². The van der Waals surface area contributed by atoms with E-state index in [9.17, 15) is 91.3 Å². The van der Waals surface area contributed by atoms with Gasteiger partial charge in [-0.05, 0) is 131 Å². The highest BCUT2D eigenvalue weighted by Gasteiger charge is 2.41. The van der Waals surface area contributed by atoms with Crippen LogP contribution in [0.3, 0.4) is 0 Å². The van der Waals surface area contributed by atoms with Gasteiger partial charge >= 0.3 is 0 Å². The summed E-state index contributed by atoms with van der Waals surface area (Å²) in [5, 5.41) is 172. The van der Waals surface area contributed by atoms with Gasteiger partial charge in [-0.25, -0.2) is 0 Å². The standard InChI is InChI=1S/C28H40N2O10.C28H38N2O8.CH4/c1-26(2,38)20(34)8-10-27(3,39)21(35)9-11-28(4,40)22(36)14-30-17-12-15(31)13-19(33)24(17)29-23-16(25(30)37)6-5-7-18(23)32;1-16(8-9-23(35)28(4,38)12-10-22(34)27(2,3)37)11-13-30-19-14-17(31)15-21(33)25(19)29-24-18(26(30)36)6-5-7-20(24)32;/h5-7,12-13,20-22,29,31-36,38-40H,8-11,14H2,1-4H3;5-7,11,14-15,22-23,29,31-35,37-38H,8-10,12-13H2,1-4H3;1H4/b;16-11+;. The Kier molecular flexibility index (Phi) is 20.9. The van der Waals surface area contributed by atoms with Crippen LogP contribution in [-0.4, -0.2) is 165 Å². The molecule has 0 radical (unpaired) electrons. The van der Waals surface area contributed by atoms with Gasteiger partial charge in [-0.2, -0.15) is 0 Å². The number of carbonyl (C=O) groups excluding carboxylic acids is 2. The molecule has 18 N–H and O–H groups in total. The first-order valence-corrected chi connectivity index (χ1v) is 25.6. The van der Waals surface area contributed by atoms with E-state index in [1.807, 2.05) is 6.92 Å². The van der Waals surface area contributed by atoms with Crippen molar-refractivity contribution >= 4 is 45.9 Å². The summed E-state index contributed by atoms with van der Waals surface area (Å²) in [7, 11) is 0. The number of fused-ring (bicyclic) bond motifs is 4. The van der Waals surface area contributed by atoms with Gasteiger partial charge < -0.3 is 102 Å². The van der Waals surface area contributed by atoms with E-state index >= 15 is 0 Å². The van der Waals surface area contributed by atoms with Gasteiger partial charge in [0.05, 0.1) is 92.8 Å². The van der Waals surface area contributed by atoms with Crippen molar-refractivity contribution in [2.75, 3.05) is 33.5 Å². The van der Waals surface area contributed by atoms with Crippen LogP contribution in [0.25, 0.3) is 0 Å². The number of aliphatic hydroxyl groups is 10. The van der Waals surface area contributed by atoms with E-state index in [4.69, 9.17) is 0 Å². The molecule has 22 nitrogen and oxygen atoms in total. The van der Waals surface area contributed by atoms with Gasteiger partial charge in [0.1, 0.15) is 52.0 Å². The molecular weight excluding hydrogens is 1030 g/mol. The number of aliphatic hydroxyl groups excluding tert-OH is 5. The Hall–Kier alpha value is -6.44. The number of β-amino-alcohol motifs (C(OH)–C–C–N with tert-alkyl or cyclic N) is 1. The third kappa shape index (κ3) is 15.9. The predicted molar refractivity (Wildman–Crippen MR) is 298 cm³/mol. The summed E-state index contributed by atoms with van der Waals surface area (Å²) in [6.45, 7) is 11.4. The third-order valence-electron chi connectivity index (χ3n) is 14.6. The number of hydrogen-bond donors (Lipinski definition) is 18. The van der Waals surface area contributed by atoms with Gasteiger partial charge in [-0.3, -0.25) is 9.59 Å². The molecule has 2 amide bonds. The zero-order valence-corrected chi connectivity index (χ0v) is 45.2. The van der Waals surface area contributed by atoms with Crippen molar-refractivity contribution in [1.29, 1.82) is 0 Å². The Morgan fingerprint density at radius 1 is 0.506 bits per heavy atom. The molecule has 0 saturated carbocycles. The largest absolute Gasteiger partial charge is 0.508 e. The number of benzene rings is 4. The number of para-hydroxylation sites is 2. The lowest BCUT2D eigenvalue weighted by molar-refractivity contribution is -0.109. The quantitative estimate of drug-likeness (QED) is 0.0285. The average Bonchev–Trinajstić information content (AvgIpc) is 3.54. The van der Waals surface area contributed by atoms with Crippen molar-refractivity contribution in [3.8, 4) is 34.5 Å². The number of phenolic OH excluding ortho intramolecular Hbond substituents is 6. The van der Waals surface area contributed by atoms with Gasteiger partial charge in [0.25, 0.3) is 11.8 Å². The molecule has 4 aromatic rings. The molecule has 4 aromatic carbocycles. The van der Waals surface area contributed by atoms with E-state index in [2.05, 4.69) is 10.6 Å². The molecule has 0 bridgehead atoms. The number of anilines is 6. The van der Waals surface area contributed by atoms with E-state index in [-0.39, 0.29) is 133 Å². The normalized spacial score (nSPS) is 17.8. The van der Waals surface area contributed by atoms with Gasteiger partial charge in [-0.15, -0.1) is 0 Å². The van der Waals surface area contributed by atoms with Gasteiger partial charge in [0.15, 0.2) is 0 Å². The van der Waals surface area contributed by atoms with Crippen LogP contribution in [-0.2, 0) is 0 Å². The molecule has 0 spiro atoms. The minimum Gasteiger partial charge on any atom is -0.508 e. The van der Waals surface area contributed by atoms with Crippen molar-refractivity contribution < 1.29 is 91.3 Å². The summed E-state index contributed by atoms with van der Waals surface area (Å²) < 4.78 is 0. The monoisotopic (exact) mass is 1110 g/mol. The fraction of sp³-hybridized carbons (Fsp3) is 0.509. The number of carbonyl (C=O) groups is 2. The molecule has 2 heterocycles. The maximum Gasteiger partial charge on any atom is 0.260 e. The minimum atomic E-state index is -1.87. The molecule has 22 heteroatoms. The van der Waals surface area contributed by atoms with Crippen LogP contribution >= 0.6 is 0 Å². The van der Waals surface area contributed by atoms with Crippen molar-refractivity contribution in [3.63, 3.8) is 0 Å². The topological polar surface area (TPSA) is 388 Å². The number of nitrogens with zero attached hydrogens (tertiary/aromatic N) is 2. The lowest BCUT2D eigenvalue weighted by Crippen LogP contribution is -2.50. The van der Waals surface area contributed by atoms with Crippen LogP contribution < -0.4 is 20.4 Å². The highest BCUT2D eigenvalue weighted by Crippen LogP contribution is 2.48. The minimum absolute atomic E-state index is 0. The molecule has 8 unspecified atom stereocenters. The number of aromatic hydroxyl groups is 6. The first-order chi connectivity index (χ1) is 36.0. The van der Waals surface area contributed by atoms with E-state index < -0.39 is 82.6 Å². The van der Waals surface area contributed by atoms with Crippen molar-refractivity contribution in [1.82, 2.24) is 0 Å². The second kappa shape index (κ2) is 25.3. The molecular formula is C57H82N4O18. The Morgan fingerprint density at radius 3 is 1.29 bits per heavy atom. The summed E-state index contributed by atoms with van der Waals surface area (Å²) in [5.41, 5.74) is -6.19. The van der Waals surface area contributed by atoms with Crippen LogP contribution in [0.1, 0.15) is 135 Å². The maximum atomic E-state index is 13.5. The summed E-state index contributed by atoms with van der Waals surface area (Å²) >= 11 is 0. The third-order valence-corrected chi connectivity index (χ3v) is 14.6. The van der Waals surface area contributed by atoms with Crippen molar-refractivity contribution in [2.45, 2.75) is 173 Å². The van der Waals surface area contributed by atoms with Crippen LogP contribution in [0.2, 0.25) is 0 Å². The second-order valence-electron chi connectivity index (χ2n) is 22.4. The Morgan fingerprint density at radius 2 is 0.873 bits per heavy atom. The zero-order valence-electron chi connectivity index (χ0n) is 45.2. The van der Waals surface area contributed by atoms with Crippen LogP contribution in [0.15, 0.2) is 72.3 Å². The molecule has 0 saturated heterocycles. The van der Waals surface area contributed by atoms with E-state index in [1.54, 1.807) is 12.1 Å². The first-order valence-electron chi connectivity index (χ1n) is 25.6. The van der Waals surface area contributed by atoms with E-state index in [0.29, 0.717) is 6.42 Å². The molecule has 2 aliphatic rings. The summed E-state index contributed by atoms with van der Waals surface area (Å²) in [6, 6.07) is 13.4. The highest BCUT2D eigenvalue weighted by atomic mass is 16.4. The number of nitrogens with one attached hydrogen (secondary N) is 2. The molecule has 79 heavy (non-hydrogen) atoms. The number of phenols is 6. The number of amides is 2. The second-order valence-corrected chi connectivity index (χ2v) is 22.4. The lowest BCUT2D eigenvalue weighted by Gasteiger charge is -2.36. The number of rotatable bonds is 21. The Bertz CT molecular complexity index is 2800. The fourth-order valence-electron chi connectivity index (χ4n) is 8.90. The zero-order chi connectivity index (χ0) is 58.6. The van der Waals surface area contributed by atoms with Gasteiger partial charge in [-0.1, -0.05) is 31.2 Å². The average molecular weight is 1110 g/mol. The molecule has 438 valence electrons. The maximum absolute atomic E-state index is 13.5. The van der Waals surface area contributed by atoms with Crippen LogP contribution in [0, 0.1) is 0 Å². The Labute approximate surface area is 460 Å². The first kappa shape index (κ1) is 65.1. The van der Waals surface area contributed by atoms with Crippen molar-refractivity contribution in [3.05, 3.63) is 83.4 Å². The lowest BCUT2D eigenvalue weighted by atomic mass is 9.83. The van der Waals surface area contributed by atoms with E-state index in [0.717, 1.165) is 22.6 Å². The van der Waals surface area contributed by atoms with Crippen LogP contribution in [0.5, 0.6) is 34.5 Å². The van der Waals surface area contributed by atoms with Gasteiger partial charge in [0, 0.05) is 30.8 Å². The molecule has 0 fully saturated rings. The Balaban J connectivity index is 0.000000337. The highest BCUT2D eigenvalue weighted by molar-refractivity contribution is 6.16. The van der Waals surface area contributed by atoms with Crippen molar-refractivity contribution in [2.24, 2.45) is 0 Å². The summed E-state index contributed by atoms with van der Waals surface area (Å²) in [6.07, 6.45) is -4.00. The number of allylic oxidation sites excluding steroid dienone is 1. The van der Waals surface area contributed by atoms with Crippen LogP contribution in [0.4, 0.5) is 34.1 Å². The number of hydrogen-bond acceptors (Lipinski definition) is 20. The smallest absolute Gasteiger partial charge is 0.260 e.